The Kier molecular flexibility index (Phi) is 5.03. The molecule has 0 fully saturated rings. The fourth-order valence-corrected chi connectivity index (χ4v) is 2.72. The van der Waals surface area contributed by atoms with E-state index < -0.39 is 6.10 Å². The summed E-state index contributed by atoms with van der Waals surface area (Å²) < 4.78 is 13.7. The Morgan fingerprint density at radius 1 is 1.04 bits per heavy atom. The van der Waals surface area contributed by atoms with Crippen LogP contribution < -0.4 is 0 Å². The minimum Gasteiger partial charge on any atom is -0.394 e. The maximum Gasteiger partial charge on any atom is 0.123 e. The Morgan fingerprint density at radius 3 is 2.50 bits per heavy atom. The highest BCUT2D eigenvalue weighted by molar-refractivity contribution is 5.82. The molecule has 0 aliphatic heterocycles. The van der Waals surface area contributed by atoms with Crippen molar-refractivity contribution in [2.24, 2.45) is 0 Å². The van der Waals surface area contributed by atoms with E-state index in [4.69, 9.17) is 5.11 Å². The second kappa shape index (κ2) is 7.38. The number of aromatic amines is 1. The van der Waals surface area contributed by atoms with Gasteiger partial charge in [0, 0.05) is 16.8 Å². The fraction of sp³-hybridized carbons (Fsp3) is 0.211. The van der Waals surface area contributed by atoms with Gasteiger partial charge in [-0.15, -0.1) is 0 Å². The van der Waals surface area contributed by atoms with E-state index in [1.54, 1.807) is 6.07 Å². The molecule has 4 nitrogen and oxygen atoms in total. The van der Waals surface area contributed by atoms with Crippen molar-refractivity contribution in [2.75, 3.05) is 6.61 Å². The number of halogens is 1. The normalized spacial score (nSPS) is 12.3. The van der Waals surface area contributed by atoms with Crippen LogP contribution in [-0.4, -0.2) is 33.1 Å². The zero-order chi connectivity index (χ0) is 16.9. The van der Waals surface area contributed by atoms with Crippen LogP contribution in [0.15, 0.2) is 54.6 Å². The first-order valence-electron chi connectivity index (χ1n) is 7.86. The molecule has 3 aromatic rings. The van der Waals surface area contributed by atoms with Crippen LogP contribution in [0.5, 0.6) is 0 Å². The Bertz CT molecular complexity index is 802. The number of aromatic nitrogens is 2. The smallest absolute Gasteiger partial charge is 0.123 e. The molecule has 124 valence electrons. The van der Waals surface area contributed by atoms with Crippen LogP contribution in [0.25, 0.3) is 22.4 Å². The summed E-state index contributed by atoms with van der Waals surface area (Å²) in [6.45, 7) is -0.283. The lowest BCUT2D eigenvalue weighted by atomic mass is 9.96. The van der Waals surface area contributed by atoms with E-state index in [9.17, 15) is 9.50 Å². The summed E-state index contributed by atoms with van der Waals surface area (Å²) in [7, 11) is 0. The lowest BCUT2D eigenvalue weighted by Gasteiger charge is -2.09. The van der Waals surface area contributed by atoms with Gasteiger partial charge in [0.15, 0.2) is 0 Å². The predicted molar refractivity (Wildman–Crippen MR) is 90.8 cm³/mol. The van der Waals surface area contributed by atoms with Crippen LogP contribution in [0.4, 0.5) is 4.39 Å². The first-order chi connectivity index (χ1) is 11.7. The van der Waals surface area contributed by atoms with Crippen molar-refractivity contribution in [3.8, 4) is 22.4 Å². The summed E-state index contributed by atoms with van der Waals surface area (Å²) in [5.74, 6) is -0.311. The molecular formula is C19H19FN2O2. The summed E-state index contributed by atoms with van der Waals surface area (Å²) in [5.41, 5.74) is 4.05. The highest BCUT2D eigenvalue weighted by Gasteiger charge is 2.17. The van der Waals surface area contributed by atoms with Gasteiger partial charge >= 0.3 is 0 Å². The van der Waals surface area contributed by atoms with Gasteiger partial charge < -0.3 is 10.2 Å². The SMILES string of the molecule is OC[C@@H](O)CCc1[nH]nc(-c2ccccc2)c1-c1cccc(F)c1. The summed E-state index contributed by atoms with van der Waals surface area (Å²) in [4.78, 5) is 0. The molecule has 5 heteroatoms. The van der Waals surface area contributed by atoms with Gasteiger partial charge in [0.2, 0.25) is 0 Å². The van der Waals surface area contributed by atoms with E-state index >= 15 is 0 Å². The number of benzene rings is 2. The Hall–Kier alpha value is -2.50. The van der Waals surface area contributed by atoms with E-state index in [1.165, 1.54) is 12.1 Å². The Morgan fingerprint density at radius 2 is 1.79 bits per heavy atom. The summed E-state index contributed by atoms with van der Waals surface area (Å²) >= 11 is 0. The number of aryl methyl sites for hydroxylation is 1. The maximum absolute atomic E-state index is 13.7. The van der Waals surface area contributed by atoms with E-state index in [2.05, 4.69) is 10.2 Å². The van der Waals surface area contributed by atoms with E-state index in [1.807, 2.05) is 36.4 Å². The summed E-state index contributed by atoms with van der Waals surface area (Å²) in [5, 5.41) is 26.0. The standard InChI is InChI=1S/C19H19FN2O2/c20-15-8-4-7-14(11-15)18-17(10-9-16(24)12-23)21-22-19(18)13-5-2-1-3-6-13/h1-8,11,16,23-24H,9-10,12H2,(H,21,22)/t16-/m0/s1. The average molecular weight is 326 g/mol. The molecule has 0 spiro atoms. The molecule has 0 amide bonds. The second-order valence-electron chi connectivity index (χ2n) is 5.68. The third-order valence-electron chi connectivity index (χ3n) is 3.94. The molecule has 0 saturated heterocycles. The molecule has 1 atom stereocenters. The maximum atomic E-state index is 13.7. The third kappa shape index (κ3) is 3.53. The molecule has 0 unspecified atom stereocenters. The van der Waals surface area contributed by atoms with Crippen molar-refractivity contribution < 1.29 is 14.6 Å². The van der Waals surface area contributed by atoms with E-state index in [0.29, 0.717) is 12.8 Å². The number of nitrogens with one attached hydrogen (secondary N) is 1. The molecule has 0 aliphatic rings. The third-order valence-corrected chi connectivity index (χ3v) is 3.94. The molecule has 0 bridgehead atoms. The number of hydrogen-bond donors (Lipinski definition) is 3. The van der Waals surface area contributed by atoms with Gasteiger partial charge in [-0.2, -0.15) is 5.10 Å². The van der Waals surface area contributed by atoms with Gasteiger partial charge in [-0.25, -0.2) is 4.39 Å². The number of nitrogens with zero attached hydrogens (tertiary/aromatic N) is 1. The molecule has 0 saturated carbocycles. The van der Waals surface area contributed by atoms with Crippen molar-refractivity contribution >= 4 is 0 Å². The number of aliphatic hydroxyl groups excluding tert-OH is 2. The number of aliphatic hydroxyl groups is 2. The van der Waals surface area contributed by atoms with Crippen molar-refractivity contribution in [1.82, 2.24) is 10.2 Å². The summed E-state index contributed by atoms with van der Waals surface area (Å²) in [6.07, 6.45) is 0.122. The molecular weight excluding hydrogens is 307 g/mol. The molecule has 1 aromatic heterocycles. The zero-order valence-electron chi connectivity index (χ0n) is 13.1. The summed E-state index contributed by atoms with van der Waals surface area (Å²) in [6, 6.07) is 16.1. The van der Waals surface area contributed by atoms with Gasteiger partial charge in [0.25, 0.3) is 0 Å². The zero-order valence-corrected chi connectivity index (χ0v) is 13.1. The number of hydrogen-bond acceptors (Lipinski definition) is 3. The van der Waals surface area contributed by atoms with Gasteiger partial charge in [-0.1, -0.05) is 42.5 Å². The van der Waals surface area contributed by atoms with Gasteiger partial charge in [-0.3, -0.25) is 5.10 Å². The fourth-order valence-electron chi connectivity index (χ4n) is 2.72. The first kappa shape index (κ1) is 16.4. The van der Waals surface area contributed by atoms with Crippen molar-refractivity contribution in [3.05, 3.63) is 66.1 Å². The lowest BCUT2D eigenvalue weighted by Crippen LogP contribution is -2.13. The van der Waals surface area contributed by atoms with E-state index in [0.717, 1.165) is 28.1 Å². The Balaban J connectivity index is 2.05. The number of H-pyrrole nitrogens is 1. The van der Waals surface area contributed by atoms with E-state index in [-0.39, 0.29) is 12.4 Å². The highest BCUT2D eigenvalue weighted by Crippen LogP contribution is 2.34. The molecule has 3 N–H and O–H groups in total. The predicted octanol–water partition coefficient (Wildman–Crippen LogP) is 3.17. The van der Waals surface area contributed by atoms with Crippen molar-refractivity contribution in [1.29, 1.82) is 0 Å². The van der Waals surface area contributed by atoms with Gasteiger partial charge in [-0.05, 0) is 30.5 Å². The molecule has 2 aromatic carbocycles. The minimum absolute atomic E-state index is 0.283. The lowest BCUT2D eigenvalue weighted by molar-refractivity contribution is 0.0884. The van der Waals surface area contributed by atoms with Crippen LogP contribution in [-0.2, 0) is 6.42 Å². The van der Waals surface area contributed by atoms with Crippen LogP contribution in [0.2, 0.25) is 0 Å². The Labute approximate surface area is 139 Å². The quantitative estimate of drug-likeness (QED) is 0.652. The second-order valence-corrected chi connectivity index (χ2v) is 5.68. The minimum atomic E-state index is -0.783. The van der Waals surface area contributed by atoms with Crippen LogP contribution in [0.1, 0.15) is 12.1 Å². The first-order valence-corrected chi connectivity index (χ1v) is 7.86. The van der Waals surface area contributed by atoms with Crippen LogP contribution in [0, 0.1) is 5.82 Å². The monoisotopic (exact) mass is 326 g/mol. The highest BCUT2D eigenvalue weighted by atomic mass is 19.1. The molecule has 3 rings (SSSR count). The number of rotatable bonds is 6. The average Bonchev–Trinajstić information content (AvgIpc) is 3.04. The largest absolute Gasteiger partial charge is 0.394 e. The van der Waals surface area contributed by atoms with Crippen molar-refractivity contribution in [2.45, 2.75) is 18.9 Å². The van der Waals surface area contributed by atoms with Crippen LogP contribution >= 0.6 is 0 Å². The molecule has 0 radical (unpaired) electrons. The van der Waals surface area contributed by atoms with Crippen LogP contribution in [0.3, 0.4) is 0 Å². The van der Waals surface area contributed by atoms with Gasteiger partial charge in [0.05, 0.1) is 12.7 Å². The van der Waals surface area contributed by atoms with Gasteiger partial charge in [0.1, 0.15) is 11.5 Å². The van der Waals surface area contributed by atoms with Crippen molar-refractivity contribution in [3.63, 3.8) is 0 Å². The molecule has 0 aliphatic carbocycles. The topological polar surface area (TPSA) is 69.1 Å². The molecule has 24 heavy (non-hydrogen) atoms. The molecule has 1 heterocycles.